The second kappa shape index (κ2) is 25.3. The molecule has 0 unspecified atom stereocenters. The highest BCUT2D eigenvalue weighted by Gasteiger charge is 2.12. The van der Waals surface area contributed by atoms with Crippen molar-refractivity contribution in [3.63, 3.8) is 0 Å². The normalized spacial score (nSPS) is 10.8. The summed E-state index contributed by atoms with van der Waals surface area (Å²) in [5, 5.41) is 15.1. The van der Waals surface area contributed by atoms with Gasteiger partial charge in [0, 0.05) is 57.3 Å². The van der Waals surface area contributed by atoms with Crippen molar-refractivity contribution in [1.82, 2.24) is 20.6 Å². The van der Waals surface area contributed by atoms with Gasteiger partial charge in [0.15, 0.2) is 5.82 Å². The van der Waals surface area contributed by atoms with Crippen molar-refractivity contribution < 1.29 is 33.3 Å². The van der Waals surface area contributed by atoms with E-state index >= 15 is 0 Å². The zero-order valence-electron chi connectivity index (χ0n) is 30.6. The molecule has 3 aromatic rings. The summed E-state index contributed by atoms with van der Waals surface area (Å²) in [4.78, 5) is 45.0. The van der Waals surface area contributed by atoms with Gasteiger partial charge in [-0.15, -0.1) is 0 Å². The van der Waals surface area contributed by atoms with Crippen LogP contribution in [0.15, 0.2) is 48.7 Å². The van der Waals surface area contributed by atoms with E-state index in [2.05, 4.69) is 43.5 Å². The maximum atomic E-state index is 12.6. The Morgan fingerprint density at radius 2 is 1.38 bits per heavy atom. The lowest BCUT2D eigenvalue weighted by molar-refractivity contribution is -0.122. The summed E-state index contributed by atoms with van der Waals surface area (Å²) >= 11 is 6.30. The molecule has 1 aromatic heterocycles. The van der Waals surface area contributed by atoms with Gasteiger partial charge in [-0.25, -0.2) is 4.98 Å². The van der Waals surface area contributed by atoms with E-state index in [0.717, 1.165) is 19.3 Å². The number of unbranched alkanes of at least 4 members (excludes halogenated alkanes) is 1. The van der Waals surface area contributed by atoms with Crippen molar-refractivity contribution in [3.8, 4) is 5.75 Å². The maximum Gasteiger partial charge on any atom is 0.229 e. The van der Waals surface area contributed by atoms with Gasteiger partial charge in [-0.3, -0.25) is 14.4 Å². The Bertz CT molecular complexity index is 1570. The number of carbonyl (C=O) groups is 3. The van der Waals surface area contributed by atoms with Crippen molar-refractivity contribution in [2.75, 3.05) is 81.5 Å². The summed E-state index contributed by atoms with van der Waals surface area (Å²) in [7, 11) is 1.52. The average molecular weight is 757 g/mol. The number of amides is 3. The smallest absolute Gasteiger partial charge is 0.229 e. The summed E-state index contributed by atoms with van der Waals surface area (Å²) in [6, 6.07) is 12.4. The number of nitrogen functional groups attached to an aromatic ring is 1. The molecular formula is C37H53ClN8O7. The minimum absolute atomic E-state index is 0.0962. The number of methoxy groups -OCH3 is 1. The lowest BCUT2D eigenvalue weighted by atomic mass is 10.2. The molecule has 0 saturated carbocycles. The Morgan fingerprint density at radius 1 is 0.755 bits per heavy atom. The number of hydrogen-bond donors (Lipinski definition) is 6. The lowest BCUT2D eigenvalue weighted by Gasteiger charge is -2.14. The SMILES string of the molecule is CCCCC(=O)NCCCOCCOCCOCCCNC(=O)CCCC(=O)Nc1ccc(Nc2ncc(Cl)c(Nc3ccccc3N)n2)c(OC)c1. The number of nitrogens with zero attached hydrogens (tertiary/aromatic N) is 2. The van der Waals surface area contributed by atoms with Crippen LogP contribution in [0.5, 0.6) is 5.75 Å². The molecule has 0 atom stereocenters. The van der Waals surface area contributed by atoms with Gasteiger partial charge >= 0.3 is 0 Å². The number of halogens is 1. The van der Waals surface area contributed by atoms with Crippen molar-refractivity contribution in [2.24, 2.45) is 0 Å². The molecular weight excluding hydrogens is 704 g/mol. The van der Waals surface area contributed by atoms with Gasteiger partial charge in [-0.2, -0.15) is 4.98 Å². The zero-order valence-corrected chi connectivity index (χ0v) is 31.4. The van der Waals surface area contributed by atoms with Crippen LogP contribution in [-0.2, 0) is 28.6 Å². The van der Waals surface area contributed by atoms with Crippen LogP contribution in [0.2, 0.25) is 5.02 Å². The van der Waals surface area contributed by atoms with Gasteiger partial charge in [0.1, 0.15) is 10.8 Å². The fourth-order valence-electron chi connectivity index (χ4n) is 4.74. The molecule has 290 valence electrons. The third-order valence-corrected chi connectivity index (χ3v) is 7.85. The highest BCUT2D eigenvalue weighted by Crippen LogP contribution is 2.32. The quantitative estimate of drug-likeness (QED) is 0.0418. The monoisotopic (exact) mass is 756 g/mol. The average Bonchev–Trinajstić information content (AvgIpc) is 3.15. The molecule has 3 amide bonds. The fourth-order valence-corrected chi connectivity index (χ4v) is 4.88. The molecule has 2 aromatic carbocycles. The first-order valence-electron chi connectivity index (χ1n) is 17.9. The van der Waals surface area contributed by atoms with Crippen molar-refractivity contribution in [3.05, 3.63) is 53.7 Å². The number of benzene rings is 2. The van der Waals surface area contributed by atoms with Crippen LogP contribution in [0.4, 0.5) is 34.5 Å². The second-order valence-corrected chi connectivity index (χ2v) is 12.3. The lowest BCUT2D eigenvalue weighted by Crippen LogP contribution is -2.25. The number of para-hydroxylation sites is 2. The van der Waals surface area contributed by atoms with Gasteiger partial charge in [-0.1, -0.05) is 37.1 Å². The molecule has 0 fully saturated rings. The van der Waals surface area contributed by atoms with Gasteiger partial charge in [0.2, 0.25) is 23.7 Å². The van der Waals surface area contributed by atoms with Gasteiger partial charge in [-0.05, 0) is 49.9 Å². The van der Waals surface area contributed by atoms with Crippen LogP contribution >= 0.6 is 11.6 Å². The number of carbonyl (C=O) groups excluding carboxylic acids is 3. The van der Waals surface area contributed by atoms with E-state index in [1.807, 2.05) is 18.2 Å². The molecule has 0 bridgehead atoms. The summed E-state index contributed by atoms with van der Waals surface area (Å²) < 4.78 is 22.0. The molecule has 0 aliphatic rings. The standard InChI is InChI=1S/C37H53ClN8O7/c1-3-4-12-33(47)40-17-8-19-51-21-23-53-24-22-52-20-9-18-41-34(48)13-7-14-35(49)43-27-15-16-31(32(25-27)50-2)45-37-42-26-28(38)36(46-37)44-30-11-6-5-10-29(30)39/h5-6,10-11,15-16,25-26H,3-4,7-9,12-14,17-24,39H2,1-2H3,(H,40,47)(H,41,48)(H,43,49)(H2,42,44,45,46). The van der Waals surface area contributed by atoms with Crippen molar-refractivity contribution >= 4 is 63.8 Å². The van der Waals surface area contributed by atoms with Gasteiger partial charge in [0.05, 0.1) is 56.8 Å². The van der Waals surface area contributed by atoms with Crippen molar-refractivity contribution in [1.29, 1.82) is 0 Å². The first-order valence-corrected chi connectivity index (χ1v) is 18.3. The Balaban J connectivity index is 1.22. The number of rotatable bonds is 27. The molecule has 0 radical (unpaired) electrons. The summed E-state index contributed by atoms with van der Waals surface area (Å²) in [5.41, 5.74) is 8.34. The van der Waals surface area contributed by atoms with Gasteiger partial charge in [0.25, 0.3) is 0 Å². The van der Waals surface area contributed by atoms with E-state index in [9.17, 15) is 14.4 Å². The molecule has 0 aliphatic carbocycles. The Hall–Kier alpha value is -4.70. The number of anilines is 6. The van der Waals surface area contributed by atoms with E-state index in [-0.39, 0.29) is 36.5 Å². The van der Waals surface area contributed by atoms with Crippen LogP contribution in [-0.4, -0.2) is 87.5 Å². The molecule has 3 rings (SSSR count). The van der Waals surface area contributed by atoms with Crippen LogP contribution in [0.1, 0.15) is 58.3 Å². The van der Waals surface area contributed by atoms with Crippen molar-refractivity contribution in [2.45, 2.75) is 58.3 Å². The van der Waals surface area contributed by atoms with Gasteiger partial charge < -0.3 is 51.3 Å². The highest BCUT2D eigenvalue weighted by molar-refractivity contribution is 6.33. The van der Waals surface area contributed by atoms with Crippen LogP contribution < -0.4 is 37.1 Å². The molecule has 53 heavy (non-hydrogen) atoms. The predicted molar refractivity (Wildman–Crippen MR) is 207 cm³/mol. The largest absolute Gasteiger partial charge is 0.494 e. The Morgan fingerprint density at radius 3 is 2.02 bits per heavy atom. The minimum Gasteiger partial charge on any atom is -0.494 e. The highest BCUT2D eigenvalue weighted by atomic mass is 35.5. The third-order valence-electron chi connectivity index (χ3n) is 7.57. The number of nitrogens with one attached hydrogen (secondary N) is 5. The maximum absolute atomic E-state index is 12.6. The van der Waals surface area contributed by atoms with E-state index in [1.165, 1.54) is 13.3 Å². The predicted octanol–water partition coefficient (Wildman–Crippen LogP) is 5.57. The van der Waals surface area contributed by atoms with E-state index in [4.69, 9.17) is 36.3 Å². The minimum atomic E-state index is -0.220. The topological polar surface area (TPSA) is 200 Å². The third kappa shape index (κ3) is 17.6. The first-order chi connectivity index (χ1) is 25.8. The van der Waals surface area contributed by atoms with Crippen LogP contribution in [0.25, 0.3) is 0 Å². The number of hydrogen-bond acceptors (Lipinski definition) is 12. The number of nitrogens with two attached hydrogens (primary N) is 1. The second-order valence-electron chi connectivity index (χ2n) is 11.9. The van der Waals surface area contributed by atoms with E-state index in [0.29, 0.717) is 111 Å². The molecule has 0 spiro atoms. The summed E-state index contributed by atoms with van der Waals surface area (Å²) in [5.74, 6) is 0.855. The molecule has 0 saturated heterocycles. The number of ether oxygens (including phenoxy) is 4. The van der Waals surface area contributed by atoms with E-state index in [1.54, 1.807) is 24.3 Å². The number of aromatic nitrogens is 2. The molecule has 1 heterocycles. The van der Waals surface area contributed by atoms with Crippen LogP contribution in [0.3, 0.4) is 0 Å². The zero-order chi connectivity index (χ0) is 38.1. The molecule has 15 nitrogen and oxygen atoms in total. The van der Waals surface area contributed by atoms with Crippen LogP contribution in [0, 0.1) is 0 Å². The molecule has 16 heteroatoms. The Kier molecular flexibility index (Phi) is 20.4. The summed E-state index contributed by atoms with van der Waals surface area (Å²) in [6.07, 6.45) is 6.24. The summed E-state index contributed by atoms with van der Waals surface area (Å²) in [6.45, 7) is 6.13. The fraction of sp³-hybridized carbons (Fsp3) is 0.486. The molecule has 7 N–H and O–H groups in total. The Labute approximate surface area is 316 Å². The first kappa shape index (κ1) is 42.7. The van der Waals surface area contributed by atoms with E-state index < -0.39 is 0 Å². The molecule has 0 aliphatic heterocycles.